The molecule has 1 aliphatic heterocycles. The number of amides is 1. The maximum absolute atomic E-state index is 12.4. The Hall–Kier alpha value is -1.55. The largest absolute Gasteiger partial charge is 0.495 e. The zero-order chi connectivity index (χ0) is 14.5. The van der Waals surface area contributed by atoms with E-state index in [-0.39, 0.29) is 11.9 Å². The van der Waals surface area contributed by atoms with Crippen molar-refractivity contribution >= 4 is 11.6 Å². The Bertz CT molecular complexity index is 468. The summed E-state index contributed by atoms with van der Waals surface area (Å²) >= 11 is 0. The first-order valence-electron chi connectivity index (χ1n) is 7.42. The Kier molecular flexibility index (Phi) is 5.01. The molecule has 1 aliphatic rings. The molecular weight excluding hydrogens is 252 g/mol. The first kappa shape index (κ1) is 14.9. The van der Waals surface area contributed by atoms with Gasteiger partial charge in [0.25, 0.3) is 0 Å². The highest BCUT2D eigenvalue weighted by Gasteiger charge is 2.31. The van der Waals surface area contributed by atoms with Crippen LogP contribution in [-0.2, 0) is 11.2 Å². The van der Waals surface area contributed by atoms with Gasteiger partial charge in [-0.1, -0.05) is 26.0 Å². The molecule has 0 bridgehead atoms. The zero-order valence-corrected chi connectivity index (χ0v) is 12.6. The van der Waals surface area contributed by atoms with E-state index in [4.69, 9.17) is 4.74 Å². The van der Waals surface area contributed by atoms with Crippen LogP contribution in [0, 0.1) is 0 Å². The maximum atomic E-state index is 12.4. The van der Waals surface area contributed by atoms with E-state index in [1.54, 1.807) is 7.11 Å². The first-order chi connectivity index (χ1) is 9.71. The molecule has 4 nitrogen and oxygen atoms in total. The predicted molar refractivity (Wildman–Crippen MR) is 81.3 cm³/mol. The second kappa shape index (κ2) is 6.75. The highest BCUT2D eigenvalue weighted by Crippen LogP contribution is 2.33. The molecule has 0 saturated heterocycles. The first-order valence-corrected chi connectivity index (χ1v) is 7.42. The number of fused-ring (bicyclic) bond motifs is 1. The van der Waals surface area contributed by atoms with E-state index >= 15 is 0 Å². The third-order valence-corrected chi connectivity index (χ3v) is 3.76. The van der Waals surface area contributed by atoms with Crippen molar-refractivity contribution in [2.24, 2.45) is 0 Å². The summed E-state index contributed by atoms with van der Waals surface area (Å²) in [4.78, 5) is 14.7. The maximum Gasteiger partial charge on any atom is 0.242 e. The molecule has 1 N–H and O–H groups in total. The second-order valence-electron chi connectivity index (χ2n) is 5.24. The molecule has 1 amide bonds. The number of carbonyl (C=O) groups excluding carboxylic acids is 1. The third kappa shape index (κ3) is 2.96. The summed E-state index contributed by atoms with van der Waals surface area (Å²) in [7, 11) is 1.63. The molecule has 0 saturated carbocycles. The van der Waals surface area contributed by atoms with Crippen LogP contribution < -0.4 is 10.1 Å². The number of nitrogens with one attached hydrogen (secondary N) is 1. The van der Waals surface area contributed by atoms with Gasteiger partial charge in [0.2, 0.25) is 5.91 Å². The summed E-state index contributed by atoms with van der Waals surface area (Å²) in [5.41, 5.74) is 2.00. The molecule has 0 aliphatic carbocycles. The van der Waals surface area contributed by atoms with Gasteiger partial charge in [0.15, 0.2) is 0 Å². The van der Waals surface area contributed by atoms with Gasteiger partial charge < -0.3 is 10.1 Å². The van der Waals surface area contributed by atoms with Crippen molar-refractivity contribution in [3.63, 3.8) is 0 Å². The van der Waals surface area contributed by atoms with Crippen molar-refractivity contribution in [1.29, 1.82) is 0 Å². The lowest BCUT2D eigenvalue weighted by molar-refractivity contribution is -0.121. The number of ether oxygens (including phenoxy) is 1. The fourth-order valence-electron chi connectivity index (χ4n) is 2.86. The van der Waals surface area contributed by atoms with Crippen molar-refractivity contribution in [2.45, 2.75) is 39.2 Å². The molecule has 1 heterocycles. The summed E-state index contributed by atoms with van der Waals surface area (Å²) in [6, 6.07) is 5.88. The molecule has 2 rings (SSSR count). The minimum absolute atomic E-state index is 0.0606. The van der Waals surface area contributed by atoms with Crippen LogP contribution in [-0.4, -0.2) is 37.0 Å². The SMILES string of the molecule is CCCN(CCC)C1Cc2cccc(OC)c2NC1=O. The molecule has 1 aromatic rings. The summed E-state index contributed by atoms with van der Waals surface area (Å²) in [5.74, 6) is 0.829. The average Bonchev–Trinajstić information content (AvgIpc) is 2.46. The van der Waals surface area contributed by atoms with Crippen LogP contribution in [0.2, 0.25) is 0 Å². The smallest absolute Gasteiger partial charge is 0.242 e. The van der Waals surface area contributed by atoms with Crippen molar-refractivity contribution in [1.82, 2.24) is 4.90 Å². The minimum Gasteiger partial charge on any atom is -0.495 e. The Labute approximate surface area is 121 Å². The fraction of sp³-hybridized carbons (Fsp3) is 0.562. The topological polar surface area (TPSA) is 41.6 Å². The Balaban J connectivity index is 2.24. The van der Waals surface area contributed by atoms with Crippen LogP contribution in [0.15, 0.2) is 18.2 Å². The molecule has 110 valence electrons. The van der Waals surface area contributed by atoms with Gasteiger partial charge in [-0.15, -0.1) is 0 Å². The normalized spacial score (nSPS) is 17.8. The quantitative estimate of drug-likeness (QED) is 0.868. The minimum atomic E-state index is -0.0606. The highest BCUT2D eigenvalue weighted by molar-refractivity contribution is 5.99. The van der Waals surface area contributed by atoms with Gasteiger partial charge in [0.1, 0.15) is 5.75 Å². The Morgan fingerprint density at radius 1 is 1.30 bits per heavy atom. The van der Waals surface area contributed by atoms with Crippen LogP contribution in [0.4, 0.5) is 5.69 Å². The van der Waals surface area contributed by atoms with E-state index in [1.165, 1.54) is 0 Å². The molecule has 20 heavy (non-hydrogen) atoms. The van der Waals surface area contributed by atoms with Crippen LogP contribution in [0.25, 0.3) is 0 Å². The van der Waals surface area contributed by atoms with E-state index in [1.807, 2.05) is 12.1 Å². The second-order valence-corrected chi connectivity index (χ2v) is 5.24. The standard InChI is InChI=1S/C16H24N2O2/c1-4-9-18(10-5-2)13-11-12-7-6-8-14(20-3)15(12)17-16(13)19/h6-8,13H,4-5,9-11H2,1-3H3,(H,17,19). The summed E-state index contributed by atoms with van der Waals surface area (Å²) < 4.78 is 5.32. The molecule has 1 unspecified atom stereocenters. The number of carbonyl (C=O) groups is 1. The summed E-state index contributed by atoms with van der Waals surface area (Å²) in [6.45, 7) is 6.23. The van der Waals surface area contributed by atoms with E-state index in [2.05, 4.69) is 30.1 Å². The number of nitrogens with zero attached hydrogens (tertiary/aromatic N) is 1. The lowest BCUT2D eigenvalue weighted by Crippen LogP contribution is -2.48. The van der Waals surface area contributed by atoms with Gasteiger partial charge in [-0.05, 0) is 44.0 Å². The molecule has 0 spiro atoms. The van der Waals surface area contributed by atoms with Gasteiger partial charge >= 0.3 is 0 Å². The molecule has 1 aromatic carbocycles. The van der Waals surface area contributed by atoms with Crippen molar-refractivity contribution in [3.8, 4) is 5.75 Å². The number of methoxy groups -OCH3 is 1. The van der Waals surface area contributed by atoms with E-state index in [0.717, 1.165) is 49.4 Å². The molecular formula is C16H24N2O2. The van der Waals surface area contributed by atoms with Crippen molar-refractivity contribution in [3.05, 3.63) is 23.8 Å². The molecule has 0 aromatic heterocycles. The van der Waals surface area contributed by atoms with Crippen molar-refractivity contribution in [2.75, 3.05) is 25.5 Å². The highest BCUT2D eigenvalue weighted by atomic mass is 16.5. The number of anilines is 1. The number of hydrogen-bond donors (Lipinski definition) is 1. The van der Waals surface area contributed by atoms with Gasteiger partial charge in [-0.2, -0.15) is 0 Å². The fourth-order valence-corrected chi connectivity index (χ4v) is 2.86. The van der Waals surface area contributed by atoms with Gasteiger partial charge in [0.05, 0.1) is 18.8 Å². The van der Waals surface area contributed by atoms with E-state index in [0.29, 0.717) is 0 Å². The van der Waals surface area contributed by atoms with Crippen LogP contribution in [0.1, 0.15) is 32.3 Å². The molecule has 0 radical (unpaired) electrons. The Morgan fingerprint density at radius 2 is 2.00 bits per heavy atom. The van der Waals surface area contributed by atoms with E-state index < -0.39 is 0 Å². The number of benzene rings is 1. The van der Waals surface area contributed by atoms with Gasteiger partial charge in [-0.25, -0.2) is 0 Å². The van der Waals surface area contributed by atoms with Crippen LogP contribution in [0.3, 0.4) is 0 Å². The third-order valence-electron chi connectivity index (χ3n) is 3.76. The average molecular weight is 276 g/mol. The monoisotopic (exact) mass is 276 g/mol. The molecule has 0 fully saturated rings. The van der Waals surface area contributed by atoms with Gasteiger partial charge in [-0.3, -0.25) is 9.69 Å². The summed E-state index contributed by atoms with van der Waals surface area (Å²) in [5, 5.41) is 3.02. The summed E-state index contributed by atoms with van der Waals surface area (Å²) in [6.07, 6.45) is 2.89. The lowest BCUT2D eigenvalue weighted by atomic mass is 9.97. The molecule has 4 heteroatoms. The van der Waals surface area contributed by atoms with Gasteiger partial charge in [0, 0.05) is 0 Å². The van der Waals surface area contributed by atoms with Crippen LogP contribution in [0.5, 0.6) is 5.75 Å². The predicted octanol–water partition coefficient (Wildman–Crippen LogP) is 2.68. The lowest BCUT2D eigenvalue weighted by Gasteiger charge is -2.34. The number of para-hydroxylation sites is 1. The van der Waals surface area contributed by atoms with Crippen LogP contribution >= 0.6 is 0 Å². The number of hydrogen-bond acceptors (Lipinski definition) is 3. The Morgan fingerprint density at radius 3 is 2.60 bits per heavy atom. The number of rotatable bonds is 6. The van der Waals surface area contributed by atoms with E-state index in [9.17, 15) is 4.79 Å². The van der Waals surface area contributed by atoms with Crippen molar-refractivity contribution < 1.29 is 9.53 Å². The molecule has 1 atom stereocenters. The zero-order valence-electron chi connectivity index (χ0n) is 12.6.